The molecule has 0 spiro atoms. The average molecular weight is 619 g/mol. The normalized spacial score (nSPS) is 11.2. The number of carboxylic acids is 1. The summed E-state index contributed by atoms with van der Waals surface area (Å²) in [4.78, 5) is 11.3. The minimum atomic E-state index is -0.980. The Balaban J connectivity index is 1.44. The lowest BCUT2D eigenvalue weighted by atomic mass is 9.97. The number of ether oxygens (including phenoxy) is 1. The number of carbonyl (C=O) groups is 1. The molecular weight excluding hydrogens is 587 g/mol. The van der Waals surface area contributed by atoms with Gasteiger partial charge >= 0.3 is 5.97 Å². The van der Waals surface area contributed by atoms with Crippen molar-refractivity contribution in [3.63, 3.8) is 0 Å². The number of carboxylic acid groups (broad SMARTS) is 1. The Morgan fingerprint density at radius 3 is 2.11 bits per heavy atom. The summed E-state index contributed by atoms with van der Waals surface area (Å²) in [5.74, 6) is -0.680. The fourth-order valence-corrected chi connectivity index (χ4v) is 6.07. The second-order valence-corrected chi connectivity index (χ2v) is 11.2. The van der Waals surface area contributed by atoms with E-state index >= 15 is 0 Å². The highest BCUT2D eigenvalue weighted by molar-refractivity contribution is 6.31. The maximum atomic E-state index is 14.5. The number of benzene rings is 5. The van der Waals surface area contributed by atoms with Crippen molar-refractivity contribution in [1.82, 2.24) is 4.57 Å². The third-order valence-electron chi connectivity index (χ3n) is 7.94. The van der Waals surface area contributed by atoms with Gasteiger partial charge in [0.15, 0.2) is 0 Å². The zero-order chi connectivity index (χ0) is 31.2. The van der Waals surface area contributed by atoms with Crippen molar-refractivity contribution in [3.05, 3.63) is 166 Å². The van der Waals surface area contributed by atoms with E-state index in [9.17, 15) is 14.3 Å². The first-order chi connectivity index (χ1) is 22.0. The number of nitrogens with one attached hydrogen (secondary N) is 1. The summed E-state index contributed by atoms with van der Waals surface area (Å²) >= 11 is 6.60. The fourth-order valence-electron chi connectivity index (χ4n) is 5.90. The molecule has 0 saturated heterocycles. The average Bonchev–Trinajstić information content (AvgIpc) is 3.35. The summed E-state index contributed by atoms with van der Waals surface area (Å²) in [6, 6.07) is 39.8. The molecule has 6 aromatic rings. The number of aromatic carboxylic acids is 1. The molecule has 1 aromatic heterocycles. The van der Waals surface area contributed by atoms with Crippen LogP contribution >= 0.6 is 11.6 Å². The van der Waals surface area contributed by atoms with Crippen LogP contribution in [0.2, 0.25) is 5.02 Å². The van der Waals surface area contributed by atoms with Crippen molar-refractivity contribution in [2.75, 3.05) is 18.5 Å². The SMILES string of the molecule is O=C(O)c1ccc(OCCc2c(CCNc3ccccc3F)n(C(c3ccccc3)c3ccccc3)c3ccc(Cl)cc23)cc1. The number of hydrogen-bond donors (Lipinski definition) is 2. The van der Waals surface area contributed by atoms with Crippen LogP contribution in [0.4, 0.5) is 10.1 Å². The summed E-state index contributed by atoms with van der Waals surface area (Å²) in [6.45, 7) is 0.874. The number of para-hydroxylation sites is 1. The van der Waals surface area contributed by atoms with E-state index in [4.69, 9.17) is 16.3 Å². The molecule has 0 aliphatic carbocycles. The van der Waals surface area contributed by atoms with Crippen molar-refractivity contribution in [2.45, 2.75) is 18.9 Å². The molecule has 2 N–H and O–H groups in total. The van der Waals surface area contributed by atoms with Gasteiger partial charge in [0.2, 0.25) is 0 Å². The number of nitrogens with zero attached hydrogens (tertiary/aromatic N) is 1. The van der Waals surface area contributed by atoms with Gasteiger partial charge in [0.05, 0.1) is 23.9 Å². The Hall–Kier alpha value is -5.07. The molecule has 0 saturated carbocycles. The van der Waals surface area contributed by atoms with Gasteiger partial charge in [0.25, 0.3) is 0 Å². The predicted octanol–water partition coefficient (Wildman–Crippen LogP) is 9.05. The van der Waals surface area contributed by atoms with E-state index in [0.29, 0.717) is 42.5 Å². The van der Waals surface area contributed by atoms with Crippen molar-refractivity contribution in [3.8, 4) is 5.75 Å². The van der Waals surface area contributed by atoms with Crippen LogP contribution in [0, 0.1) is 5.82 Å². The quantitative estimate of drug-likeness (QED) is 0.144. The van der Waals surface area contributed by atoms with Crippen LogP contribution in [-0.4, -0.2) is 28.8 Å². The van der Waals surface area contributed by atoms with Gasteiger partial charge in [-0.15, -0.1) is 0 Å². The zero-order valence-corrected chi connectivity index (χ0v) is 25.3. The van der Waals surface area contributed by atoms with Gasteiger partial charge in [-0.2, -0.15) is 0 Å². The molecule has 5 nitrogen and oxygen atoms in total. The van der Waals surface area contributed by atoms with Gasteiger partial charge in [-0.05, 0) is 71.3 Å². The predicted molar refractivity (Wildman–Crippen MR) is 178 cm³/mol. The van der Waals surface area contributed by atoms with Crippen LogP contribution in [0.25, 0.3) is 10.9 Å². The van der Waals surface area contributed by atoms with Crippen LogP contribution < -0.4 is 10.1 Å². The first-order valence-electron chi connectivity index (χ1n) is 14.9. The lowest BCUT2D eigenvalue weighted by Gasteiger charge is -2.25. The molecule has 45 heavy (non-hydrogen) atoms. The van der Waals surface area contributed by atoms with Gasteiger partial charge in [0.1, 0.15) is 11.6 Å². The number of anilines is 1. The minimum absolute atomic E-state index is 0.127. The van der Waals surface area contributed by atoms with E-state index in [0.717, 1.165) is 33.3 Å². The first-order valence-corrected chi connectivity index (χ1v) is 15.2. The van der Waals surface area contributed by atoms with Crippen LogP contribution in [0.3, 0.4) is 0 Å². The molecule has 0 atom stereocenters. The van der Waals surface area contributed by atoms with E-state index < -0.39 is 5.97 Å². The maximum Gasteiger partial charge on any atom is 0.335 e. The van der Waals surface area contributed by atoms with Crippen LogP contribution in [0.5, 0.6) is 5.75 Å². The van der Waals surface area contributed by atoms with Gasteiger partial charge in [0, 0.05) is 41.0 Å². The van der Waals surface area contributed by atoms with Crippen molar-refractivity contribution >= 4 is 34.2 Å². The van der Waals surface area contributed by atoms with E-state index in [1.165, 1.54) is 18.2 Å². The Bertz CT molecular complexity index is 1870. The molecule has 0 aliphatic heterocycles. The summed E-state index contributed by atoms with van der Waals surface area (Å²) < 4.78 is 23.0. The molecule has 226 valence electrons. The van der Waals surface area contributed by atoms with Gasteiger partial charge in [-0.1, -0.05) is 84.4 Å². The molecule has 6 rings (SSSR count). The van der Waals surface area contributed by atoms with Crippen LogP contribution in [0.15, 0.2) is 127 Å². The molecule has 7 heteroatoms. The van der Waals surface area contributed by atoms with Crippen LogP contribution in [0.1, 0.15) is 38.8 Å². The van der Waals surface area contributed by atoms with E-state index in [1.807, 2.05) is 30.3 Å². The van der Waals surface area contributed by atoms with Gasteiger partial charge < -0.3 is 19.7 Å². The van der Waals surface area contributed by atoms with Crippen molar-refractivity contribution < 1.29 is 19.0 Å². The summed E-state index contributed by atoms with van der Waals surface area (Å²) in [5, 5.41) is 14.2. The second kappa shape index (κ2) is 13.7. The van der Waals surface area contributed by atoms with Crippen molar-refractivity contribution in [2.24, 2.45) is 0 Å². The molecule has 0 aliphatic rings. The molecular formula is C38H32ClFN2O3. The topological polar surface area (TPSA) is 63.5 Å². The number of rotatable bonds is 12. The highest BCUT2D eigenvalue weighted by Crippen LogP contribution is 2.38. The second-order valence-electron chi connectivity index (χ2n) is 10.8. The number of hydrogen-bond acceptors (Lipinski definition) is 3. The highest BCUT2D eigenvalue weighted by atomic mass is 35.5. The largest absolute Gasteiger partial charge is 0.493 e. The first kappa shape index (κ1) is 30.0. The monoisotopic (exact) mass is 618 g/mol. The highest BCUT2D eigenvalue weighted by Gasteiger charge is 2.25. The number of fused-ring (bicyclic) bond motifs is 1. The third-order valence-corrected chi connectivity index (χ3v) is 8.18. The van der Waals surface area contributed by atoms with Gasteiger partial charge in [-0.3, -0.25) is 0 Å². The van der Waals surface area contributed by atoms with Gasteiger partial charge in [-0.25, -0.2) is 9.18 Å². The lowest BCUT2D eigenvalue weighted by molar-refractivity contribution is 0.0697. The fraction of sp³-hybridized carbons (Fsp3) is 0.132. The summed E-state index contributed by atoms with van der Waals surface area (Å²) in [7, 11) is 0. The Morgan fingerprint density at radius 1 is 0.822 bits per heavy atom. The Morgan fingerprint density at radius 2 is 1.47 bits per heavy atom. The zero-order valence-electron chi connectivity index (χ0n) is 24.5. The standard InChI is InChI=1S/C38H32ClFN2O3/c39-29-17-20-35-32(25-29)31(22-24-45-30-18-15-28(16-19-30)38(43)44)36(21-23-41-34-14-8-7-13-33(34)40)42(35)37(26-9-3-1-4-10-26)27-11-5-2-6-12-27/h1-20,25,37,41H,21-24H2,(H,43,44). The molecule has 0 bridgehead atoms. The molecule has 0 fully saturated rings. The molecule has 5 aromatic carbocycles. The maximum absolute atomic E-state index is 14.5. The summed E-state index contributed by atoms with van der Waals surface area (Å²) in [5.41, 5.74) is 6.18. The van der Waals surface area contributed by atoms with E-state index in [-0.39, 0.29) is 17.4 Å². The molecule has 0 unspecified atom stereocenters. The Kier molecular flexibility index (Phi) is 9.13. The summed E-state index contributed by atoms with van der Waals surface area (Å²) in [6.07, 6.45) is 1.19. The Labute approximate surface area is 266 Å². The van der Waals surface area contributed by atoms with Crippen LogP contribution in [-0.2, 0) is 12.8 Å². The van der Waals surface area contributed by atoms with Crippen molar-refractivity contribution in [1.29, 1.82) is 0 Å². The van der Waals surface area contributed by atoms with E-state index in [2.05, 4.69) is 64.5 Å². The molecule has 0 radical (unpaired) electrons. The number of aromatic nitrogens is 1. The lowest BCUT2D eigenvalue weighted by Crippen LogP contribution is -2.18. The van der Waals surface area contributed by atoms with E-state index in [1.54, 1.807) is 24.3 Å². The minimum Gasteiger partial charge on any atom is -0.493 e. The molecule has 0 amide bonds. The number of halogens is 2. The molecule has 1 heterocycles. The smallest absolute Gasteiger partial charge is 0.335 e. The third kappa shape index (κ3) is 6.71.